The van der Waals surface area contributed by atoms with Crippen molar-refractivity contribution in [2.75, 3.05) is 4.72 Å². The first-order chi connectivity index (χ1) is 8.38. The minimum atomic E-state index is -3.75. The van der Waals surface area contributed by atoms with Crippen LogP contribution in [0.2, 0.25) is 0 Å². The van der Waals surface area contributed by atoms with Crippen molar-refractivity contribution in [1.29, 1.82) is 0 Å². The number of aromatic nitrogens is 3. The van der Waals surface area contributed by atoms with Gasteiger partial charge in [-0.05, 0) is 6.07 Å². The predicted octanol–water partition coefficient (Wildman–Crippen LogP) is 0.247. The van der Waals surface area contributed by atoms with Crippen molar-refractivity contribution in [2.24, 2.45) is 7.05 Å². The average Bonchev–Trinajstić information content (AvgIpc) is 2.86. The van der Waals surface area contributed by atoms with Gasteiger partial charge in [-0.25, -0.2) is 13.2 Å². The molecule has 0 unspecified atom stereocenters. The van der Waals surface area contributed by atoms with E-state index in [1.54, 1.807) is 17.8 Å². The van der Waals surface area contributed by atoms with Crippen LogP contribution in [0.15, 0.2) is 29.4 Å². The molecule has 0 spiro atoms. The summed E-state index contributed by atoms with van der Waals surface area (Å²) in [5.41, 5.74) is -0.194. The Morgan fingerprint density at radius 3 is 2.78 bits per heavy atom. The number of nitrogens with zero attached hydrogens (tertiary/aromatic N) is 2. The van der Waals surface area contributed by atoms with E-state index in [-0.39, 0.29) is 16.4 Å². The Hall–Kier alpha value is -2.29. The van der Waals surface area contributed by atoms with E-state index in [4.69, 9.17) is 5.11 Å². The minimum Gasteiger partial charge on any atom is -0.477 e. The lowest BCUT2D eigenvalue weighted by Gasteiger charge is -2.01. The van der Waals surface area contributed by atoms with Crippen LogP contribution in [-0.2, 0) is 17.1 Å². The second kappa shape index (κ2) is 4.18. The number of sulfonamides is 1. The van der Waals surface area contributed by atoms with Gasteiger partial charge in [0.15, 0.2) is 5.82 Å². The van der Waals surface area contributed by atoms with E-state index in [9.17, 15) is 13.2 Å². The SMILES string of the molecule is Cn1ccc(S(=O)(=O)Nc2cc(C(=O)O)[nH]n2)c1. The lowest BCUT2D eigenvalue weighted by molar-refractivity contribution is 0.0690. The highest BCUT2D eigenvalue weighted by molar-refractivity contribution is 7.92. The van der Waals surface area contributed by atoms with Crippen LogP contribution < -0.4 is 4.72 Å². The first-order valence-electron chi connectivity index (χ1n) is 4.82. The third-order valence-electron chi connectivity index (χ3n) is 2.16. The molecule has 18 heavy (non-hydrogen) atoms. The first-order valence-corrected chi connectivity index (χ1v) is 6.30. The Bertz CT molecular complexity index is 685. The first kappa shape index (κ1) is 12.2. The fourth-order valence-electron chi connectivity index (χ4n) is 1.32. The Morgan fingerprint density at radius 1 is 1.56 bits per heavy atom. The van der Waals surface area contributed by atoms with Gasteiger partial charge in [-0.15, -0.1) is 0 Å². The van der Waals surface area contributed by atoms with Gasteiger partial charge in [-0.3, -0.25) is 9.82 Å². The van der Waals surface area contributed by atoms with Crippen molar-refractivity contribution in [3.05, 3.63) is 30.2 Å². The van der Waals surface area contributed by atoms with Gasteiger partial charge in [0, 0.05) is 25.5 Å². The second-order valence-corrected chi connectivity index (χ2v) is 5.27. The fourth-order valence-corrected chi connectivity index (χ4v) is 2.36. The number of carboxylic acids is 1. The molecule has 0 aromatic carbocycles. The highest BCUT2D eigenvalue weighted by atomic mass is 32.2. The van der Waals surface area contributed by atoms with Gasteiger partial charge >= 0.3 is 5.97 Å². The summed E-state index contributed by atoms with van der Waals surface area (Å²) >= 11 is 0. The number of carbonyl (C=O) groups is 1. The maximum absolute atomic E-state index is 11.9. The molecule has 0 bridgehead atoms. The van der Waals surface area contributed by atoms with Crippen molar-refractivity contribution in [3.8, 4) is 0 Å². The van der Waals surface area contributed by atoms with E-state index in [2.05, 4.69) is 14.9 Å². The Kier molecular flexibility index (Phi) is 2.83. The number of aryl methyl sites for hydroxylation is 1. The van der Waals surface area contributed by atoms with Gasteiger partial charge in [0.2, 0.25) is 0 Å². The van der Waals surface area contributed by atoms with E-state index in [0.29, 0.717) is 0 Å². The quantitative estimate of drug-likeness (QED) is 0.736. The van der Waals surface area contributed by atoms with Crippen LogP contribution in [-0.4, -0.2) is 34.3 Å². The zero-order chi connectivity index (χ0) is 13.3. The molecule has 0 radical (unpaired) electrons. The monoisotopic (exact) mass is 270 g/mol. The molecule has 2 aromatic heterocycles. The molecule has 0 aliphatic rings. The normalized spacial score (nSPS) is 11.4. The van der Waals surface area contributed by atoms with Crippen LogP contribution >= 0.6 is 0 Å². The number of rotatable bonds is 4. The molecule has 0 aliphatic carbocycles. The lowest BCUT2D eigenvalue weighted by atomic mass is 10.4. The number of hydrogen-bond donors (Lipinski definition) is 3. The zero-order valence-corrected chi connectivity index (χ0v) is 10.1. The Morgan fingerprint density at radius 2 is 2.28 bits per heavy atom. The van der Waals surface area contributed by atoms with Gasteiger partial charge in [0.1, 0.15) is 10.6 Å². The van der Waals surface area contributed by atoms with Crippen LogP contribution in [0.4, 0.5) is 5.82 Å². The van der Waals surface area contributed by atoms with E-state index >= 15 is 0 Å². The summed E-state index contributed by atoms with van der Waals surface area (Å²) in [7, 11) is -2.06. The van der Waals surface area contributed by atoms with Crippen molar-refractivity contribution in [3.63, 3.8) is 0 Å². The van der Waals surface area contributed by atoms with E-state index in [0.717, 1.165) is 6.07 Å². The predicted molar refractivity (Wildman–Crippen MR) is 61.8 cm³/mol. The summed E-state index contributed by atoms with van der Waals surface area (Å²) in [6.07, 6.45) is 3.01. The van der Waals surface area contributed by atoms with Crippen LogP contribution in [0.5, 0.6) is 0 Å². The molecule has 0 saturated carbocycles. The van der Waals surface area contributed by atoms with Gasteiger partial charge < -0.3 is 9.67 Å². The van der Waals surface area contributed by atoms with Gasteiger partial charge in [-0.2, -0.15) is 5.10 Å². The van der Waals surface area contributed by atoms with Gasteiger partial charge in [0.05, 0.1) is 0 Å². The number of H-pyrrole nitrogens is 1. The molecule has 8 nitrogen and oxygen atoms in total. The average molecular weight is 270 g/mol. The van der Waals surface area contributed by atoms with E-state index in [1.165, 1.54) is 12.3 Å². The van der Waals surface area contributed by atoms with Crippen LogP contribution in [0, 0.1) is 0 Å². The highest BCUT2D eigenvalue weighted by Crippen LogP contribution is 2.14. The summed E-state index contributed by atoms with van der Waals surface area (Å²) in [4.78, 5) is 10.7. The number of aromatic amines is 1. The minimum absolute atomic E-state index is 0.0729. The number of aromatic carboxylic acids is 1. The van der Waals surface area contributed by atoms with Crippen molar-refractivity contribution < 1.29 is 18.3 Å². The summed E-state index contributed by atoms with van der Waals surface area (Å²) < 4.78 is 27.5. The number of hydrogen-bond acceptors (Lipinski definition) is 4. The zero-order valence-electron chi connectivity index (χ0n) is 9.28. The molecule has 0 atom stereocenters. The number of nitrogens with one attached hydrogen (secondary N) is 2. The molecule has 9 heteroatoms. The Labute approximate surface area is 102 Å². The smallest absolute Gasteiger partial charge is 0.353 e. The fraction of sp³-hybridized carbons (Fsp3) is 0.111. The molecule has 0 aliphatic heterocycles. The molecular formula is C9H10N4O4S. The molecular weight excluding hydrogens is 260 g/mol. The maximum Gasteiger partial charge on any atom is 0.353 e. The lowest BCUT2D eigenvalue weighted by Crippen LogP contribution is -2.12. The molecule has 0 saturated heterocycles. The van der Waals surface area contributed by atoms with E-state index in [1.807, 2.05) is 0 Å². The topological polar surface area (TPSA) is 117 Å². The molecule has 0 fully saturated rings. The number of carboxylic acid groups (broad SMARTS) is 1. The van der Waals surface area contributed by atoms with Gasteiger partial charge in [0.25, 0.3) is 10.0 Å². The third kappa shape index (κ3) is 2.35. The molecule has 96 valence electrons. The van der Waals surface area contributed by atoms with Crippen LogP contribution in [0.25, 0.3) is 0 Å². The summed E-state index contributed by atoms with van der Waals surface area (Å²) in [6.45, 7) is 0. The summed E-state index contributed by atoms with van der Waals surface area (Å²) in [5.74, 6) is -1.29. The van der Waals surface area contributed by atoms with Crippen molar-refractivity contribution >= 4 is 21.8 Å². The maximum atomic E-state index is 11.9. The summed E-state index contributed by atoms with van der Waals surface area (Å²) in [5, 5.41) is 14.4. The molecule has 2 aromatic rings. The third-order valence-corrected chi connectivity index (χ3v) is 3.50. The molecule has 2 heterocycles. The van der Waals surface area contributed by atoms with Gasteiger partial charge in [-0.1, -0.05) is 0 Å². The van der Waals surface area contributed by atoms with Crippen molar-refractivity contribution in [2.45, 2.75) is 4.90 Å². The van der Waals surface area contributed by atoms with Crippen molar-refractivity contribution in [1.82, 2.24) is 14.8 Å². The largest absolute Gasteiger partial charge is 0.477 e. The molecule has 0 amide bonds. The van der Waals surface area contributed by atoms with Crippen LogP contribution in [0.3, 0.4) is 0 Å². The number of anilines is 1. The standard InChI is InChI=1S/C9H10N4O4S/c1-13-3-2-6(5-13)18(16,17)12-8-4-7(9(14)15)10-11-8/h2-5H,1H3,(H,14,15)(H2,10,11,12). The second-order valence-electron chi connectivity index (χ2n) is 3.59. The van der Waals surface area contributed by atoms with E-state index < -0.39 is 16.0 Å². The molecule has 3 N–H and O–H groups in total. The highest BCUT2D eigenvalue weighted by Gasteiger charge is 2.17. The van der Waals surface area contributed by atoms with Crippen LogP contribution in [0.1, 0.15) is 10.5 Å². The summed E-state index contributed by atoms with van der Waals surface area (Å²) in [6, 6.07) is 2.52. The Balaban J connectivity index is 2.25. The molecule has 2 rings (SSSR count).